The van der Waals surface area contributed by atoms with Crippen LogP contribution in [0.5, 0.6) is 5.75 Å². The van der Waals surface area contributed by atoms with Crippen molar-refractivity contribution in [2.45, 2.75) is 32.4 Å². The quantitative estimate of drug-likeness (QED) is 0.290. The number of ether oxygens (including phenoxy) is 2. The molecule has 186 valence electrons. The average Bonchev–Trinajstić information content (AvgIpc) is 3.28. The van der Waals surface area contributed by atoms with Crippen molar-refractivity contribution < 1.29 is 23.1 Å². The van der Waals surface area contributed by atoms with Crippen LogP contribution in [-0.2, 0) is 28.9 Å². The molecule has 0 aliphatic rings. The van der Waals surface area contributed by atoms with Crippen molar-refractivity contribution in [3.8, 4) is 17.2 Å². The van der Waals surface area contributed by atoms with Crippen LogP contribution in [-0.4, -0.2) is 30.7 Å². The van der Waals surface area contributed by atoms with Gasteiger partial charge in [-0.3, -0.25) is 10.1 Å². The number of aryl methyl sites for hydroxylation is 1. The van der Waals surface area contributed by atoms with Crippen LogP contribution in [0, 0.1) is 12.7 Å². The summed E-state index contributed by atoms with van der Waals surface area (Å²) in [5, 5.41) is 3.10. The average molecular weight is 489 g/mol. The summed E-state index contributed by atoms with van der Waals surface area (Å²) < 4.78 is 30.6. The topological polar surface area (TPSA) is 73.6 Å². The van der Waals surface area contributed by atoms with E-state index in [1.165, 1.54) is 13.2 Å². The Morgan fingerprint density at radius 1 is 1.03 bits per heavy atom. The molecular formula is C29H29FN2O4. The zero-order valence-electron chi connectivity index (χ0n) is 20.4. The van der Waals surface area contributed by atoms with Crippen molar-refractivity contribution in [1.82, 2.24) is 10.3 Å². The van der Waals surface area contributed by atoms with Gasteiger partial charge in [-0.05, 0) is 49.2 Å². The molecule has 7 heteroatoms. The van der Waals surface area contributed by atoms with Crippen molar-refractivity contribution in [2.24, 2.45) is 0 Å². The maximum atomic E-state index is 13.9. The molecule has 0 radical (unpaired) electrons. The zero-order valence-corrected chi connectivity index (χ0v) is 20.4. The number of aromatic nitrogens is 1. The molecule has 0 unspecified atom stereocenters. The van der Waals surface area contributed by atoms with Gasteiger partial charge in [0, 0.05) is 24.1 Å². The summed E-state index contributed by atoms with van der Waals surface area (Å²) in [6.07, 6.45) is 1.02. The molecule has 6 nitrogen and oxygen atoms in total. The van der Waals surface area contributed by atoms with Crippen molar-refractivity contribution in [3.63, 3.8) is 0 Å². The van der Waals surface area contributed by atoms with E-state index in [1.54, 1.807) is 18.2 Å². The molecule has 4 aromatic rings. The fourth-order valence-electron chi connectivity index (χ4n) is 3.84. The first-order valence-corrected chi connectivity index (χ1v) is 11.8. The highest BCUT2D eigenvalue weighted by Gasteiger charge is 2.20. The molecule has 4 rings (SSSR count). The van der Waals surface area contributed by atoms with Crippen molar-refractivity contribution in [1.29, 1.82) is 0 Å². The number of carbonyl (C=O) groups excluding carboxylic acids is 1. The van der Waals surface area contributed by atoms with Crippen LogP contribution in [0.25, 0.3) is 11.5 Å². The van der Waals surface area contributed by atoms with Crippen LogP contribution < -0.4 is 10.1 Å². The Labute approximate surface area is 210 Å². The van der Waals surface area contributed by atoms with Gasteiger partial charge < -0.3 is 13.9 Å². The first-order valence-electron chi connectivity index (χ1n) is 11.8. The van der Waals surface area contributed by atoms with Gasteiger partial charge in [0.15, 0.2) is 0 Å². The number of methoxy groups -OCH3 is 1. The predicted octanol–water partition coefficient (Wildman–Crippen LogP) is 5.28. The largest absolute Gasteiger partial charge is 0.493 e. The summed E-state index contributed by atoms with van der Waals surface area (Å²) in [4.78, 5) is 16.9. The molecule has 0 aliphatic carbocycles. The summed E-state index contributed by atoms with van der Waals surface area (Å²) in [5.41, 5.74) is 3.23. The summed E-state index contributed by atoms with van der Waals surface area (Å²) in [7, 11) is 1.34. The lowest BCUT2D eigenvalue weighted by Gasteiger charge is -2.17. The van der Waals surface area contributed by atoms with Crippen molar-refractivity contribution in [2.75, 3.05) is 13.7 Å². The molecule has 0 fully saturated rings. The molecule has 1 atom stereocenters. The van der Waals surface area contributed by atoms with Gasteiger partial charge >= 0.3 is 5.97 Å². The molecule has 0 saturated heterocycles. The Morgan fingerprint density at radius 2 is 1.75 bits per heavy atom. The van der Waals surface area contributed by atoms with Gasteiger partial charge in [-0.1, -0.05) is 48.5 Å². The number of rotatable bonds is 11. The minimum Gasteiger partial charge on any atom is -0.493 e. The van der Waals surface area contributed by atoms with Crippen LogP contribution >= 0.6 is 0 Å². The van der Waals surface area contributed by atoms with Gasteiger partial charge in [0.1, 0.15) is 23.4 Å². The van der Waals surface area contributed by atoms with E-state index in [0.29, 0.717) is 30.9 Å². The molecule has 3 aromatic carbocycles. The number of benzene rings is 3. The predicted molar refractivity (Wildman–Crippen MR) is 135 cm³/mol. The Kier molecular flexibility index (Phi) is 8.47. The zero-order chi connectivity index (χ0) is 25.3. The van der Waals surface area contributed by atoms with E-state index in [4.69, 9.17) is 13.9 Å². The molecule has 0 aliphatic heterocycles. The summed E-state index contributed by atoms with van der Waals surface area (Å²) in [6.45, 7) is 2.58. The van der Waals surface area contributed by atoms with Gasteiger partial charge in [-0.2, -0.15) is 0 Å². The first kappa shape index (κ1) is 25.1. The Hall–Kier alpha value is -3.97. The molecule has 0 amide bonds. The van der Waals surface area contributed by atoms with Crippen molar-refractivity contribution >= 4 is 5.97 Å². The lowest BCUT2D eigenvalue weighted by atomic mass is 10.1. The number of oxazole rings is 1. The normalized spacial score (nSPS) is 11.8. The molecule has 1 aromatic heterocycles. The number of halogens is 1. The van der Waals surface area contributed by atoms with E-state index in [9.17, 15) is 9.18 Å². The van der Waals surface area contributed by atoms with Gasteiger partial charge in [0.05, 0.1) is 19.4 Å². The number of nitrogens with zero attached hydrogens (tertiary/aromatic N) is 1. The van der Waals surface area contributed by atoms with E-state index in [2.05, 4.69) is 10.3 Å². The minimum absolute atomic E-state index is 0.223. The van der Waals surface area contributed by atoms with E-state index in [1.807, 2.05) is 61.5 Å². The van der Waals surface area contributed by atoms with E-state index in [0.717, 1.165) is 28.3 Å². The maximum Gasteiger partial charge on any atom is 0.323 e. The lowest BCUT2D eigenvalue weighted by molar-refractivity contribution is -0.143. The smallest absolute Gasteiger partial charge is 0.323 e. The molecular weight excluding hydrogens is 459 g/mol. The Balaban J connectivity index is 1.30. The van der Waals surface area contributed by atoms with Gasteiger partial charge in [0.2, 0.25) is 5.89 Å². The Bertz CT molecular complexity index is 1270. The highest BCUT2D eigenvalue weighted by Crippen LogP contribution is 2.22. The fraction of sp³-hybridized carbons (Fsp3) is 0.241. The minimum atomic E-state index is -0.602. The molecule has 0 spiro atoms. The number of hydrogen-bond donors (Lipinski definition) is 1. The maximum absolute atomic E-state index is 13.9. The molecule has 1 heterocycles. The third-order valence-corrected chi connectivity index (χ3v) is 5.87. The molecule has 0 bridgehead atoms. The van der Waals surface area contributed by atoms with Crippen molar-refractivity contribution in [3.05, 3.63) is 107 Å². The first-order chi connectivity index (χ1) is 17.5. The van der Waals surface area contributed by atoms with E-state index >= 15 is 0 Å². The van der Waals surface area contributed by atoms with Crippen LogP contribution in [0.1, 0.15) is 22.6 Å². The highest BCUT2D eigenvalue weighted by atomic mass is 19.1. The third-order valence-electron chi connectivity index (χ3n) is 5.87. The highest BCUT2D eigenvalue weighted by molar-refractivity contribution is 5.76. The second-order valence-corrected chi connectivity index (χ2v) is 8.38. The molecule has 36 heavy (non-hydrogen) atoms. The number of hydrogen-bond acceptors (Lipinski definition) is 6. The van der Waals surface area contributed by atoms with Gasteiger partial charge in [-0.25, -0.2) is 9.37 Å². The molecule has 1 N–H and O–H groups in total. The van der Waals surface area contributed by atoms with Crippen LogP contribution in [0.3, 0.4) is 0 Å². The Morgan fingerprint density at radius 3 is 2.47 bits per heavy atom. The van der Waals surface area contributed by atoms with Gasteiger partial charge in [-0.15, -0.1) is 0 Å². The number of carbonyl (C=O) groups is 1. The van der Waals surface area contributed by atoms with Crippen LogP contribution in [0.2, 0.25) is 0 Å². The van der Waals surface area contributed by atoms with Gasteiger partial charge in [0.25, 0.3) is 0 Å². The van der Waals surface area contributed by atoms with E-state index in [-0.39, 0.29) is 12.4 Å². The summed E-state index contributed by atoms with van der Waals surface area (Å²) in [6, 6.07) is 23.2. The SMILES string of the molecule is COC(=O)[C@H](Cc1ccc(OCCc2nc(-c3ccccc3)oc2C)cc1)NCc1ccccc1F. The number of nitrogens with one attached hydrogen (secondary N) is 1. The summed E-state index contributed by atoms with van der Waals surface area (Å²) >= 11 is 0. The monoisotopic (exact) mass is 488 g/mol. The second-order valence-electron chi connectivity index (χ2n) is 8.38. The van der Waals surface area contributed by atoms with E-state index < -0.39 is 12.0 Å². The fourth-order valence-corrected chi connectivity index (χ4v) is 3.84. The third kappa shape index (κ3) is 6.58. The van der Waals surface area contributed by atoms with Crippen LogP contribution in [0.15, 0.2) is 83.3 Å². The lowest BCUT2D eigenvalue weighted by Crippen LogP contribution is -2.39. The van der Waals surface area contributed by atoms with Crippen LogP contribution in [0.4, 0.5) is 4.39 Å². The number of esters is 1. The second kappa shape index (κ2) is 12.1. The molecule has 0 saturated carbocycles. The summed E-state index contributed by atoms with van der Waals surface area (Å²) in [5.74, 6) is 1.40. The standard InChI is InChI=1S/C29H29FN2O4/c1-20-26(32-28(36-20)22-8-4-3-5-9-22)16-17-35-24-14-12-21(13-15-24)18-27(29(33)34-2)31-19-23-10-6-7-11-25(23)30/h3-15,27,31H,16-19H2,1-2H3/t27-/m0/s1.